The predicted molar refractivity (Wildman–Crippen MR) is 67.0 cm³/mol. The third-order valence-corrected chi connectivity index (χ3v) is 4.64. The molecule has 20 heavy (non-hydrogen) atoms. The van der Waals surface area contributed by atoms with Crippen LogP contribution in [-0.2, 0) is 6.42 Å². The van der Waals surface area contributed by atoms with Crippen molar-refractivity contribution in [3.8, 4) is 0 Å². The van der Waals surface area contributed by atoms with E-state index in [1.807, 2.05) is 0 Å². The van der Waals surface area contributed by atoms with Crippen molar-refractivity contribution in [2.24, 2.45) is 17.1 Å². The van der Waals surface area contributed by atoms with Crippen LogP contribution < -0.4 is 5.73 Å². The molecule has 0 spiro atoms. The Morgan fingerprint density at radius 3 is 2.60 bits per heavy atom. The molecular weight excluding hydrogens is 271 g/mol. The summed E-state index contributed by atoms with van der Waals surface area (Å²) in [6.45, 7) is 6.16. The fourth-order valence-corrected chi connectivity index (χ4v) is 2.95. The lowest BCUT2D eigenvalue weighted by Gasteiger charge is -2.45. The first-order valence-electron chi connectivity index (χ1n) is 6.76. The Bertz CT molecular complexity index is 470. The van der Waals surface area contributed by atoms with Crippen LogP contribution in [0, 0.1) is 11.3 Å². The zero-order valence-corrected chi connectivity index (χ0v) is 11.9. The van der Waals surface area contributed by atoms with Crippen molar-refractivity contribution in [2.75, 3.05) is 0 Å². The van der Waals surface area contributed by atoms with Crippen LogP contribution in [0.2, 0.25) is 0 Å². The Labute approximate surface area is 115 Å². The fourth-order valence-electron chi connectivity index (χ4n) is 2.95. The highest BCUT2D eigenvalue weighted by Gasteiger charge is 2.45. The number of hydrogen-bond acceptors (Lipinski definition) is 4. The minimum Gasteiger partial charge on any atom is -0.339 e. The highest BCUT2D eigenvalue weighted by atomic mass is 19.4. The maximum atomic E-state index is 12.3. The van der Waals surface area contributed by atoms with E-state index in [2.05, 4.69) is 30.9 Å². The van der Waals surface area contributed by atoms with Crippen molar-refractivity contribution in [3.63, 3.8) is 0 Å². The topological polar surface area (TPSA) is 64.9 Å². The molecule has 1 saturated carbocycles. The van der Waals surface area contributed by atoms with E-state index in [0.717, 1.165) is 12.8 Å². The molecule has 3 unspecified atom stereocenters. The summed E-state index contributed by atoms with van der Waals surface area (Å²) in [6.07, 6.45) is -3.91. The van der Waals surface area contributed by atoms with Gasteiger partial charge in [-0.25, -0.2) is 0 Å². The quantitative estimate of drug-likeness (QED) is 0.909. The van der Waals surface area contributed by atoms with Gasteiger partial charge >= 0.3 is 6.18 Å². The monoisotopic (exact) mass is 291 g/mol. The van der Waals surface area contributed by atoms with Gasteiger partial charge in [-0.05, 0) is 24.2 Å². The molecule has 114 valence electrons. The molecule has 4 nitrogen and oxygen atoms in total. The molecule has 2 N–H and O–H groups in total. The summed E-state index contributed by atoms with van der Waals surface area (Å²) in [5.74, 6) is 0.185. The summed E-state index contributed by atoms with van der Waals surface area (Å²) in [5, 5.41) is 3.45. The Morgan fingerprint density at radius 2 is 2.00 bits per heavy atom. The van der Waals surface area contributed by atoms with Gasteiger partial charge in [-0.2, -0.15) is 18.2 Å². The molecule has 1 aromatic rings. The molecular formula is C13H20F3N3O. The molecule has 0 radical (unpaired) electrons. The standard InChI is InChI=1S/C13H20F3N3O/c1-7-9(17)5-4-8(12(7,2)3)11-18-10(19-20-11)6-13(14,15)16/h7-9H,4-6,17H2,1-3H3. The summed E-state index contributed by atoms with van der Waals surface area (Å²) in [5.41, 5.74) is 5.89. The van der Waals surface area contributed by atoms with E-state index in [1.165, 1.54) is 0 Å². The first kappa shape index (κ1) is 15.3. The highest BCUT2D eigenvalue weighted by Crippen LogP contribution is 2.49. The van der Waals surface area contributed by atoms with E-state index in [4.69, 9.17) is 10.3 Å². The van der Waals surface area contributed by atoms with Gasteiger partial charge in [0.25, 0.3) is 0 Å². The van der Waals surface area contributed by atoms with E-state index in [0.29, 0.717) is 5.89 Å². The van der Waals surface area contributed by atoms with Gasteiger partial charge in [-0.1, -0.05) is 25.9 Å². The van der Waals surface area contributed by atoms with Gasteiger partial charge in [0.15, 0.2) is 5.82 Å². The van der Waals surface area contributed by atoms with Gasteiger partial charge < -0.3 is 10.3 Å². The average Bonchev–Trinajstić information content (AvgIpc) is 2.71. The average molecular weight is 291 g/mol. The fraction of sp³-hybridized carbons (Fsp3) is 0.846. The largest absolute Gasteiger partial charge is 0.396 e. The van der Waals surface area contributed by atoms with Gasteiger partial charge in [-0.3, -0.25) is 0 Å². The zero-order valence-electron chi connectivity index (χ0n) is 11.9. The van der Waals surface area contributed by atoms with E-state index in [9.17, 15) is 13.2 Å². The van der Waals surface area contributed by atoms with Crippen LogP contribution in [0.15, 0.2) is 4.52 Å². The smallest absolute Gasteiger partial charge is 0.339 e. The van der Waals surface area contributed by atoms with Crippen LogP contribution in [0.5, 0.6) is 0 Å². The van der Waals surface area contributed by atoms with E-state index >= 15 is 0 Å². The molecule has 1 fully saturated rings. The van der Waals surface area contributed by atoms with Crippen molar-refractivity contribution < 1.29 is 17.7 Å². The van der Waals surface area contributed by atoms with Crippen molar-refractivity contribution in [1.29, 1.82) is 0 Å². The number of hydrogen-bond donors (Lipinski definition) is 1. The third kappa shape index (κ3) is 2.97. The molecule has 1 aliphatic carbocycles. The van der Waals surface area contributed by atoms with Gasteiger partial charge in [-0.15, -0.1) is 0 Å². The van der Waals surface area contributed by atoms with Crippen LogP contribution in [0.3, 0.4) is 0 Å². The van der Waals surface area contributed by atoms with Crippen LogP contribution in [0.25, 0.3) is 0 Å². The molecule has 1 heterocycles. The molecule has 0 bridgehead atoms. The Morgan fingerprint density at radius 1 is 1.35 bits per heavy atom. The molecule has 1 aromatic heterocycles. The first-order chi connectivity index (χ1) is 9.11. The normalized spacial score (nSPS) is 30.4. The molecule has 1 aliphatic rings. The minimum absolute atomic E-state index is 0.0493. The lowest BCUT2D eigenvalue weighted by Crippen LogP contribution is -2.45. The van der Waals surface area contributed by atoms with E-state index in [-0.39, 0.29) is 29.1 Å². The van der Waals surface area contributed by atoms with Crippen LogP contribution in [-0.4, -0.2) is 22.4 Å². The first-order valence-corrected chi connectivity index (χ1v) is 6.76. The number of nitrogens with two attached hydrogens (primary N) is 1. The summed E-state index contributed by atoms with van der Waals surface area (Å²) in [7, 11) is 0. The summed E-state index contributed by atoms with van der Waals surface area (Å²) in [4.78, 5) is 3.94. The van der Waals surface area contributed by atoms with Crippen LogP contribution in [0.1, 0.15) is 51.2 Å². The molecule has 3 atom stereocenters. The second-order valence-corrected chi connectivity index (χ2v) is 6.24. The SMILES string of the molecule is CC1C(N)CCC(c2nc(CC(F)(F)F)no2)C1(C)C. The second kappa shape index (κ2) is 5.02. The number of aromatic nitrogens is 2. The maximum Gasteiger partial charge on any atom is 0.396 e. The molecule has 7 heteroatoms. The van der Waals surface area contributed by atoms with Gasteiger partial charge in [0.1, 0.15) is 6.42 Å². The number of rotatable bonds is 2. The Kier molecular flexibility index (Phi) is 3.83. The van der Waals surface area contributed by atoms with Crippen LogP contribution >= 0.6 is 0 Å². The maximum absolute atomic E-state index is 12.3. The summed E-state index contributed by atoms with van der Waals surface area (Å²) < 4.78 is 42.0. The summed E-state index contributed by atoms with van der Waals surface area (Å²) >= 11 is 0. The number of nitrogens with zero attached hydrogens (tertiary/aromatic N) is 2. The Hall–Kier alpha value is -1.11. The lowest BCUT2D eigenvalue weighted by atomic mass is 9.61. The van der Waals surface area contributed by atoms with Gasteiger partial charge in [0.05, 0.1) is 0 Å². The molecule has 0 aliphatic heterocycles. The van der Waals surface area contributed by atoms with Crippen molar-refractivity contribution in [2.45, 2.75) is 58.2 Å². The van der Waals surface area contributed by atoms with Gasteiger partial charge in [0.2, 0.25) is 5.89 Å². The lowest BCUT2D eigenvalue weighted by molar-refractivity contribution is -0.128. The number of alkyl halides is 3. The predicted octanol–water partition coefficient (Wildman–Crippen LogP) is 3.04. The van der Waals surface area contributed by atoms with E-state index < -0.39 is 12.6 Å². The van der Waals surface area contributed by atoms with Gasteiger partial charge in [0, 0.05) is 12.0 Å². The second-order valence-electron chi connectivity index (χ2n) is 6.24. The third-order valence-electron chi connectivity index (χ3n) is 4.64. The molecule has 0 saturated heterocycles. The Balaban J connectivity index is 2.19. The zero-order chi connectivity index (χ0) is 15.1. The minimum atomic E-state index is -4.32. The molecule has 0 aromatic carbocycles. The van der Waals surface area contributed by atoms with Crippen molar-refractivity contribution in [3.05, 3.63) is 11.7 Å². The van der Waals surface area contributed by atoms with Crippen LogP contribution in [0.4, 0.5) is 13.2 Å². The molecule has 2 rings (SSSR count). The van der Waals surface area contributed by atoms with Crippen molar-refractivity contribution >= 4 is 0 Å². The summed E-state index contributed by atoms with van der Waals surface area (Å²) in [6, 6.07) is 0.0961. The molecule has 0 amide bonds. The highest BCUT2D eigenvalue weighted by molar-refractivity contribution is 5.07. The number of halogens is 3. The van der Waals surface area contributed by atoms with Crippen molar-refractivity contribution in [1.82, 2.24) is 10.1 Å². The van der Waals surface area contributed by atoms with E-state index in [1.54, 1.807) is 0 Å².